The molecule has 1 unspecified atom stereocenters. The smallest absolute Gasteiger partial charge is 0.244 e. The van der Waals surface area contributed by atoms with Crippen molar-refractivity contribution in [1.82, 2.24) is 20.1 Å². The fourth-order valence-electron chi connectivity index (χ4n) is 2.24. The number of imidazole rings is 1. The van der Waals surface area contributed by atoms with Crippen LogP contribution in [0.3, 0.4) is 0 Å². The van der Waals surface area contributed by atoms with Gasteiger partial charge in [-0.2, -0.15) is 4.98 Å². The topological polar surface area (TPSA) is 103 Å². The lowest BCUT2D eigenvalue weighted by Crippen LogP contribution is -2.28. The maximum atomic E-state index is 6.08. The molecule has 2 heterocycles. The van der Waals surface area contributed by atoms with Crippen LogP contribution in [-0.2, 0) is 16.8 Å². The molecule has 110 valence electrons. The van der Waals surface area contributed by atoms with Gasteiger partial charge in [-0.25, -0.2) is 4.98 Å². The number of hydrogen-bond acceptors (Lipinski definition) is 6. The van der Waals surface area contributed by atoms with E-state index in [4.69, 9.17) is 15.0 Å². The minimum Gasteiger partial charge on any atom is -0.370 e. The van der Waals surface area contributed by atoms with Crippen molar-refractivity contribution in [3.8, 4) is 0 Å². The second-order valence-corrected chi connectivity index (χ2v) is 4.75. The third-order valence-electron chi connectivity index (χ3n) is 3.69. The molecule has 7 nitrogen and oxygen atoms in total. The largest absolute Gasteiger partial charge is 0.370 e. The van der Waals surface area contributed by atoms with Crippen molar-refractivity contribution in [3.05, 3.63) is 29.9 Å². The summed E-state index contributed by atoms with van der Waals surface area (Å²) in [6, 6.07) is -0.361. The second-order valence-electron chi connectivity index (χ2n) is 4.75. The van der Waals surface area contributed by atoms with Gasteiger partial charge < -0.3 is 20.0 Å². The van der Waals surface area contributed by atoms with E-state index in [-0.39, 0.29) is 6.04 Å². The summed E-state index contributed by atoms with van der Waals surface area (Å²) in [4.78, 5) is 11.4. The van der Waals surface area contributed by atoms with Gasteiger partial charge >= 0.3 is 0 Å². The summed E-state index contributed by atoms with van der Waals surface area (Å²) in [7, 11) is 1.66. The van der Waals surface area contributed by atoms with Gasteiger partial charge in [0.2, 0.25) is 11.7 Å². The number of H-pyrrole nitrogens is 1. The predicted molar refractivity (Wildman–Crippen MR) is 72.8 cm³/mol. The highest BCUT2D eigenvalue weighted by atomic mass is 16.5. The van der Waals surface area contributed by atoms with Crippen LogP contribution in [0.1, 0.15) is 50.1 Å². The van der Waals surface area contributed by atoms with Crippen molar-refractivity contribution in [2.45, 2.75) is 44.8 Å². The molecule has 2 rings (SSSR count). The maximum Gasteiger partial charge on any atom is 0.244 e. The normalized spacial score (nSPS) is 13.6. The molecule has 1 atom stereocenters. The lowest BCUT2D eigenvalue weighted by atomic mass is 9.96. The highest BCUT2D eigenvalue weighted by Gasteiger charge is 2.34. The van der Waals surface area contributed by atoms with E-state index in [1.807, 2.05) is 13.8 Å². The molecular formula is C13H21N5O2. The molecule has 0 saturated heterocycles. The van der Waals surface area contributed by atoms with E-state index in [2.05, 4.69) is 20.1 Å². The minimum absolute atomic E-state index is 0.361. The Morgan fingerprint density at radius 3 is 2.75 bits per heavy atom. The highest BCUT2D eigenvalue weighted by Crippen LogP contribution is 2.30. The van der Waals surface area contributed by atoms with Crippen molar-refractivity contribution in [1.29, 1.82) is 0 Å². The molecule has 0 saturated carbocycles. The molecule has 0 radical (unpaired) electrons. The van der Waals surface area contributed by atoms with E-state index in [1.54, 1.807) is 19.6 Å². The van der Waals surface area contributed by atoms with Gasteiger partial charge in [0.25, 0.3) is 0 Å². The number of nitrogens with two attached hydrogens (primary N) is 1. The molecule has 2 aromatic heterocycles. The van der Waals surface area contributed by atoms with Crippen LogP contribution in [0.4, 0.5) is 0 Å². The van der Waals surface area contributed by atoms with Crippen molar-refractivity contribution < 1.29 is 9.26 Å². The molecule has 0 fully saturated rings. The fraction of sp³-hybridized carbons (Fsp3) is 0.615. The van der Waals surface area contributed by atoms with E-state index in [0.29, 0.717) is 18.1 Å². The van der Waals surface area contributed by atoms with Crippen LogP contribution in [0.2, 0.25) is 0 Å². The zero-order chi connectivity index (χ0) is 14.6. The molecular weight excluding hydrogens is 258 g/mol. The number of aromatic amines is 1. The molecule has 7 heteroatoms. The van der Waals surface area contributed by atoms with Gasteiger partial charge in [-0.15, -0.1) is 0 Å². The zero-order valence-electron chi connectivity index (χ0n) is 12.1. The lowest BCUT2D eigenvalue weighted by molar-refractivity contribution is -0.0306. The quantitative estimate of drug-likeness (QED) is 0.799. The first-order valence-electron chi connectivity index (χ1n) is 6.77. The summed E-state index contributed by atoms with van der Waals surface area (Å²) in [5.41, 5.74) is 6.51. The fourth-order valence-corrected chi connectivity index (χ4v) is 2.24. The third kappa shape index (κ3) is 2.73. The van der Waals surface area contributed by atoms with Crippen LogP contribution in [0, 0.1) is 0 Å². The third-order valence-corrected chi connectivity index (χ3v) is 3.69. The number of nitrogens with one attached hydrogen (secondary N) is 1. The van der Waals surface area contributed by atoms with Crippen LogP contribution in [0.15, 0.2) is 17.0 Å². The van der Waals surface area contributed by atoms with Crippen molar-refractivity contribution in [3.63, 3.8) is 0 Å². The molecule has 0 spiro atoms. The SMILES string of the molecule is CCC(CC)(OC)c1noc(C(N)Cc2cnc[nH]2)n1. The number of aromatic nitrogens is 4. The number of nitrogens with zero attached hydrogens (tertiary/aromatic N) is 3. The molecule has 0 aliphatic carbocycles. The molecule has 2 aromatic rings. The number of hydrogen-bond donors (Lipinski definition) is 2. The average Bonchev–Trinajstić information content (AvgIpc) is 3.13. The van der Waals surface area contributed by atoms with Gasteiger partial charge in [0.05, 0.1) is 12.4 Å². The van der Waals surface area contributed by atoms with Gasteiger partial charge in [0.15, 0.2) is 0 Å². The Labute approximate surface area is 117 Å². The van der Waals surface area contributed by atoms with E-state index in [1.165, 1.54) is 0 Å². The van der Waals surface area contributed by atoms with Crippen molar-refractivity contribution >= 4 is 0 Å². The van der Waals surface area contributed by atoms with Gasteiger partial charge in [-0.3, -0.25) is 0 Å². The van der Waals surface area contributed by atoms with Crippen LogP contribution < -0.4 is 5.73 Å². The highest BCUT2D eigenvalue weighted by molar-refractivity contribution is 5.05. The maximum absolute atomic E-state index is 6.08. The first-order chi connectivity index (χ1) is 9.65. The van der Waals surface area contributed by atoms with Crippen LogP contribution in [-0.4, -0.2) is 27.2 Å². The summed E-state index contributed by atoms with van der Waals surface area (Å²) in [5.74, 6) is 0.970. The number of ether oxygens (including phenoxy) is 1. The second kappa shape index (κ2) is 6.15. The van der Waals surface area contributed by atoms with Crippen LogP contribution in [0.5, 0.6) is 0 Å². The standard InChI is InChI=1S/C13H21N5O2/c1-4-13(5-2,19-3)12-17-11(20-18-12)10(14)6-9-7-15-8-16-9/h7-8,10H,4-6,14H2,1-3H3,(H,15,16). The monoisotopic (exact) mass is 279 g/mol. The van der Waals surface area contributed by atoms with Gasteiger partial charge in [-0.05, 0) is 12.8 Å². The summed E-state index contributed by atoms with van der Waals surface area (Å²) in [6.07, 6.45) is 5.46. The van der Waals surface area contributed by atoms with Gasteiger partial charge in [0, 0.05) is 25.4 Å². The van der Waals surface area contributed by atoms with E-state index < -0.39 is 5.60 Å². The number of rotatable bonds is 7. The molecule has 0 amide bonds. The van der Waals surface area contributed by atoms with Crippen LogP contribution >= 0.6 is 0 Å². The van der Waals surface area contributed by atoms with Crippen molar-refractivity contribution in [2.24, 2.45) is 5.73 Å². The average molecular weight is 279 g/mol. The van der Waals surface area contributed by atoms with Crippen molar-refractivity contribution in [2.75, 3.05) is 7.11 Å². The minimum atomic E-state index is -0.505. The number of methoxy groups -OCH3 is 1. The Bertz CT molecular complexity index is 510. The zero-order valence-corrected chi connectivity index (χ0v) is 12.1. The molecule has 0 aliphatic rings. The van der Waals surface area contributed by atoms with E-state index in [0.717, 1.165) is 18.5 Å². The molecule has 0 aliphatic heterocycles. The van der Waals surface area contributed by atoms with Crippen LogP contribution in [0.25, 0.3) is 0 Å². The molecule has 0 aromatic carbocycles. The Kier molecular flexibility index (Phi) is 4.51. The molecule has 0 bridgehead atoms. The predicted octanol–water partition coefficient (Wildman–Crippen LogP) is 1.70. The first kappa shape index (κ1) is 14.7. The Morgan fingerprint density at radius 1 is 1.45 bits per heavy atom. The molecule has 20 heavy (non-hydrogen) atoms. The Morgan fingerprint density at radius 2 is 2.20 bits per heavy atom. The first-order valence-corrected chi connectivity index (χ1v) is 6.77. The summed E-state index contributed by atoms with van der Waals surface area (Å²) < 4.78 is 10.9. The summed E-state index contributed by atoms with van der Waals surface area (Å²) in [6.45, 7) is 4.07. The van der Waals surface area contributed by atoms with Gasteiger partial charge in [-0.1, -0.05) is 19.0 Å². The lowest BCUT2D eigenvalue weighted by Gasteiger charge is -2.25. The van der Waals surface area contributed by atoms with Gasteiger partial charge in [0.1, 0.15) is 5.60 Å². The Balaban J connectivity index is 2.15. The summed E-state index contributed by atoms with van der Waals surface area (Å²) in [5, 5.41) is 4.03. The van der Waals surface area contributed by atoms with E-state index in [9.17, 15) is 0 Å². The summed E-state index contributed by atoms with van der Waals surface area (Å²) >= 11 is 0. The molecule has 3 N–H and O–H groups in total. The Hall–Kier alpha value is -1.73. The van der Waals surface area contributed by atoms with E-state index >= 15 is 0 Å².